The first-order valence-corrected chi connectivity index (χ1v) is 8.26. The van der Waals surface area contributed by atoms with Crippen LogP contribution in [-0.4, -0.2) is 35.0 Å². The van der Waals surface area contributed by atoms with E-state index >= 15 is 0 Å². The van der Waals surface area contributed by atoms with E-state index in [0.717, 1.165) is 29.7 Å². The summed E-state index contributed by atoms with van der Waals surface area (Å²) < 4.78 is 1.77. The zero-order chi connectivity index (χ0) is 17.6. The highest BCUT2D eigenvalue weighted by atomic mass is 16.4. The van der Waals surface area contributed by atoms with Crippen molar-refractivity contribution < 1.29 is 9.90 Å². The van der Waals surface area contributed by atoms with Crippen LogP contribution in [0.15, 0.2) is 48.7 Å². The van der Waals surface area contributed by atoms with E-state index in [1.54, 1.807) is 22.9 Å². The van der Waals surface area contributed by atoms with Crippen LogP contribution in [0.3, 0.4) is 0 Å². The van der Waals surface area contributed by atoms with Crippen LogP contribution in [0, 0.1) is 0 Å². The Labute approximate surface area is 146 Å². The van der Waals surface area contributed by atoms with Crippen LogP contribution in [0.25, 0.3) is 16.9 Å². The van der Waals surface area contributed by atoms with E-state index in [0.29, 0.717) is 5.69 Å². The minimum Gasteiger partial charge on any atom is -0.478 e. The van der Waals surface area contributed by atoms with Crippen molar-refractivity contribution in [2.75, 3.05) is 19.0 Å². The molecule has 0 atom stereocenters. The van der Waals surface area contributed by atoms with Gasteiger partial charge in [-0.15, -0.1) is 0 Å². The predicted molar refractivity (Wildman–Crippen MR) is 97.7 cm³/mol. The van der Waals surface area contributed by atoms with Crippen LogP contribution in [-0.2, 0) is 12.8 Å². The summed E-state index contributed by atoms with van der Waals surface area (Å²) in [7, 11) is 4.06. The number of nitrogens with zero attached hydrogens (tertiary/aromatic N) is 3. The quantitative estimate of drug-likeness (QED) is 0.798. The lowest BCUT2D eigenvalue weighted by atomic mass is 9.89. The van der Waals surface area contributed by atoms with Gasteiger partial charge in [-0.1, -0.05) is 18.2 Å². The Bertz CT molecular complexity index is 973. The van der Waals surface area contributed by atoms with Gasteiger partial charge in [-0.3, -0.25) is 0 Å². The fraction of sp³-hybridized carbons (Fsp3) is 0.200. The molecule has 0 bridgehead atoms. The van der Waals surface area contributed by atoms with Gasteiger partial charge in [0.05, 0.1) is 23.1 Å². The van der Waals surface area contributed by atoms with Crippen LogP contribution in [0.2, 0.25) is 0 Å². The summed E-state index contributed by atoms with van der Waals surface area (Å²) in [4.78, 5) is 13.7. The number of hydrogen-bond donors (Lipinski definition) is 1. The summed E-state index contributed by atoms with van der Waals surface area (Å²) in [5, 5.41) is 14.0. The maximum atomic E-state index is 11.6. The molecular formula is C20H19N3O2. The molecule has 0 saturated carbocycles. The number of aromatic carboxylic acids is 1. The standard InChI is InChI=1S/C20H19N3O2/c1-22(2)15-9-10-16-13(11-15)7-8-14-12-21-23(19(14)16)18-6-4-3-5-17(18)20(24)25/h3-6,9-12H,7-8H2,1-2H3,(H,24,25). The van der Waals surface area contributed by atoms with Gasteiger partial charge < -0.3 is 10.0 Å². The van der Waals surface area contributed by atoms with Gasteiger partial charge >= 0.3 is 5.97 Å². The van der Waals surface area contributed by atoms with E-state index in [1.165, 1.54) is 11.3 Å². The number of carboxylic acid groups (broad SMARTS) is 1. The first-order valence-electron chi connectivity index (χ1n) is 8.26. The molecule has 0 saturated heterocycles. The van der Waals surface area contributed by atoms with Crippen LogP contribution in [0.4, 0.5) is 5.69 Å². The molecule has 1 aliphatic rings. The van der Waals surface area contributed by atoms with Crippen LogP contribution < -0.4 is 4.90 Å². The van der Waals surface area contributed by atoms with Gasteiger partial charge in [-0.2, -0.15) is 5.10 Å². The maximum absolute atomic E-state index is 11.6. The van der Waals surface area contributed by atoms with Crippen molar-refractivity contribution in [2.45, 2.75) is 12.8 Å². The van der Waals surface area contributed by atoms with Crippen molar-refractivity contribution in [1.29, 1.82) is 0 Å². The molecule has 0 aliphatic heterocycles. The van der Waals surface area contributed by atoms with Crippen molar-refractivity contribution >= 4 is 11.7 Å². The molecule has 1 aliphatic carbocycles. The molecule has 1 N–H and O–H groups in total. The third kappa shape index (κ3) is 2.48. The Morgan fingerprint density at radius 1 is 1.12 bits per heavy atom. The van der Waals surface area contributed by atoms with E-state index in [2.05, 4.69) is 28.2 Å². The van der Waals surface area contributed by atoms with E-state index in [4.69, 9.17) is 0 Å². The van der Waals surface area contributed by atoms with Gasteiger partial charge in [0, 0.05) is 25.3 Å². The third-order valence-electron chi connectivity index (χ3n) is 4.73. The van der Waals surface area contributed by atoms with Crippen molar-refractivity contribution in [2.24, 2.45) is 0 Å². The number of hydrogen-bond acceptors (Lipinski definition) is 3. The molecule has 3 aromatic rings. The van der Waals surface area contributed by atoms with Gasteiger partial charge in [-0.25, -0.2) is 9.48 Å². The van der Waals surface area contributed by atoms with Crippen LogP contribution in [0.1, 0.15) is 21.5 Å². The van der Waals surface area contributed by atoms with E-state index in [9.17, 15) is 9.90 Å². The summed E-state index contributed by atoms with van der Waals surface area (Å²) in [6, 6.07) is 13.4. The molecule has 0 radical (unpaired) electrons. The SMILES string of the molecule is CN(C)c1ccc2c(c1)CCc1cnn(-c3ccccc3C(=O)O)c1-2. The topological polar surface area (TPSA) is 58.4 Å². The number of para-hydroxylation sites is 1. The van der Waals surface area contributed by atoms with E-state index in [-0.39, 0.29) is 5.56 Å². The second kappa shape index (κ2) is 5.77. The number of fused-ring (bicyclic) bond motifs is 3. The predicted octanol–water partition coefficient (Wildman–Crippen LogP) is 3.40. The zero-order valence-corrected chi connectivity index (χ0v) is 14.2. The van der Waals surface area contributed by atoms with Crippen molar-refractivity contribution in [3.63, 3.8) is 0 Å². The van der Waals surface area contributed by atoms with E-state index < -0.39 is 5.97 Å². The lowest BCUT2D eigenvalue weighted by Crippen LogP contribution is -2.13. The lowest BCUT2D eigenvalue weighted by Gasteiger charge is -2.22. The second-order valence-corrected chi connectivity index (χ2v) is 6.49. The molecule has 0 fully saturated rings. The summed E-state index contributed by atoms with van der Waals surface area (Å²) >= 11 is 0. The number of aryl methyl sites for hydroxylation is 2. The molecule has 0 unspecified atom stereocenters. The summed E-state index contributed by atoms with van der Waals surface area (Å²) in [5.41, 5.74) is 6.58. The van der Waals surface area contributed by atoms with Crippen molar-refractivity contribution in [3.05, 3.63) is 65.4 Å². The number of anilines is 1. The van der Waals surface area contributed by atoms with Crippen molar-refractivity contribution in [3.8, 4) is 16.9 Å². The Hall–Kier alpha value is -3.08. The average molecular weight is 333 g/mol. The minimum absolute atomic E-state index is 0.255. The maximum Gasteiger partial charge on any atom is 0.337 e. The normalized spacial score (nSPS) is 12.4. The Balaban J connectivity index is 1.92. The van der Waals surface area contributed by atoms with Gasteiger partial charge in [-0.05, 0) is 48.2 Å². The summed E-state index contributed by atoms with van der Waals surface area (Å²) in [5.74, 6) is -0.946. The summed E-state index contributed by atoms with van der Waals surface area (Å²) in [6.07, 6.45) is 3.74. The molecule has 1 aromatic heterocycles. The van der Waals surface area contributed by atoms with Gasteiger partial charge in [0.1, 0.15) is 0 Å². The van der Waals surface area contributed by atoms with Crippen molar-refractivity contribution in [1.82, 2.24) is 9.78 Å². The molecule has 5 nitrogen and oxygen atoms in total. The zero-order valence-electron chi connectivity index (χ0n) is 14.2. The number of rotatable bonds is 3. The molecule has 2 aromatic carbocycles. The molecule has 0 spiro atoms. The molecule has 126 valence electrons. The van der Waals surface area contributed by atoms with E-state index in [1.807, 2.05) is 26.4 Å². The Morgan fingerprint density at radius 3 is 2.64 bits per heavy atom. The first kappa shape index (κ1) is 15.4. The smallest absolute Gasteiger partial charge is 0.337 e. The second-order valence-electron chi connectivity index (χ2n) is 6.49. The fourth-order valence-electron chi connectivity index (χ4n) is 3.44. The first-order chi connectivity index (χ1) is 12.1. The monoisotopic (exact) mass is 333 g/mol. The molecule has 25 heavy (non-hydrogen) atoms. The molecule has 1 heterocycles. The number of carboxylic acids is 1. The molecule has 5 heteroatoms. The number of benzene rings is 2. The van der Waals surface area contributed by atoms with Gasteiger partial charge in [0.15, 0.2) is 0 Å². The number of aromatic nitrogens is 2. The van der Waals surface area contributed by atoms with Crippen LogP contribution >= 0.6 is 0 Å². The highest BCUT2D eigenvalue weighted by molar-refractivity contribution is 5.92. The molecule has 0 amide bonds. The fourth-order valence-corrected chi connectivity index (χ4v) is 3.44. The molecule has 4 rings (SSSR count). The van der Waals surface area contributed by atoms with Gasteiger partial charge in [0.2, 0.25) is 0 Å². The molecular weight excluding hydrogens is 314 g/mol. The average Bonchev–Trinajstić information content (AvgIpc) is 3.05. The third-order valence-corrected chi connectivity index (χ3v) is 4.73. The Kier molecular flexibility index (Phi) is 3.57. The minimum atomic E-state index is -0.946. The largest absolute Gasteiger partial charge is 0.478 e. The van der Waals surface area contributed by atoms with Crippen LogP contribution in [0.5, 0.6) is 0 Å². The highest BCUT2D eigenvalue weighted by Gasteiger charge is 2.24. The lowest BCUT2D eigenvalue weighted by molar-refractivity contribution is 0.0697. The number of carbonyl (C=O) groups is 1. The summed E-state index contributed by atoms with van der Waals surface area (Å²) in [6.45, 7) is 0. The van der Waals surface area contributed by atoms with Gasteiger partial charge in [0.25, 0.3) is 0 Å². The Morgan fingerprint density at radius 2 is 1.88 bits per heavy atom. The highest BCUT2D eigenvalue weighted by Crippen LogP contribution is 2.37.